The van der Waals surface area contributed by atoms with Crippen LogP contribution in [0.15, 0.2) is 120 Å². The molecule has 8 aromatic rings. The summed E-state index contributed by atoms with van der Waals surface area (Å²) in [7, 11) is 0. The van der Waals surface area contributed by atoms with Crippen molar-refractivity contribution in [2.24, 2.45) is 0 Å². The van der Waals surface area contributed by atoms with E-state index < -0.39 is 18.0 Å². The molecule has 4 aromatic heterocycles. The van der Waals surface area contributed by atoms with Crippen molar-refractivity contribution in [1.82, 2.24) is 29.1 Å². The molecule has 14 nitrogen and oxygen atoms in total. The summed E-state index contributed by atoms with van der Waals surface area (Å²) in [5.74, 6) is -1.45. The highest BCUT2D eigenvalue weighted by Crippen LogP contribution is 2.34. The predicted molar refractivity (Wildman–Crippen MR) is 270 cm³/mol. The SMILES string of the molecule is CC(=O)OC(C)=O.CC(=O)O[C@H]1CCCC[C@@H]1n1cnc2c(cc(Cc3ccc(Cl)nc3)c3ccccc32)c1=O.O=c1c2cc(Cc3ccc(Cl)nc3)c3ccccc3c2ncn1[C@H]1CCCC[C@@H]1O. The molecule has 2 saturated carbocycles. The highest BCUT2D eigenvalue weighted by molar-refractivity contribution is 6.29. The van der Waals surface area contributed by atoms with Gasteiger partial charge in [0.2, 0.25) is 0 Å². The van der Waals surface area contributed by atoms with Crippen LogP contribution in [0.4, 0.5) is 0 Å². The first-order chi connectivity index (χ1) is 33.7. The van der Waals surface area contributed by atoms with Crippen LogP contribution in [0.25, 0.3) is 43.4 Å². The molecule has 70 heavy (non-hydrogen) atoms. The van der Waals surface area contributed by atoms with Gasteiger partial charge in [0.15, 0.2) is 0 Å². The number of ether oxygens (including phenoxy) is 2. The topological polar surface area (TPSA) is 185 Å². The van der Waals surface area contributed by atoms with Crippen molar-refractivity contribution in [2.75, 3.05) is 0 Å². The third kappa shape index (κ3) is 11.4. The molecule has 2 aliphatic rings. The molecular formula is C54H52Cl2N6O8. The summed E-state index contributed by atoms with van der Waals surface area (Å²) in [5, 5.41) is 16.5. The fourth-order valence-electron chi connectivity index (χ4n) is 9.69. The lowest BCUT2D eigenvalue weighted by Gasteiger charge is -2.32. The van der Waals surface area contributed by atoms with Gasteiger partial charge in [-0.3, -0.25) is 33.1 Å². The zero-order chi connectivity index (χ0) is 49.5. The number of aliphatic hydroxyl groups is 1. The Hall–Kier alpha value is -6.87. The number of carbonyl (C=O) groups excluding carboxylic acids is 3. The maximum atomic E-state index is 13.7. The van der Waals surface area contributed by atoms with E-state index in [0.29, 0.717) is 45.0 Å². The van der Waals surface area contributed by atoms with Crippen LogP contribution in [-0.4, -0.2) is 64.3 Å². The van der Waals surface area contributed by atoms with Crippen molar-refractivity contribution in [2.45, 2.75) is 109 Å². The minimum Gasteiger partial charge on any atom is -0.460 e. The Morgan fingerprint density at radius 1 is 0.571 bits per heavy atom. The van der Waals surface area contributed by atoms with Crippen LogP contribution >= 0.6 is 23.2 Å². The highest BCUT2D eigenvalue weighted by Gasteiger charge is 2.31. The fourth-order valence-corrected chi connectivity index (χ4v) is 9.91. The number of fused-ring (bicyclic) bond motifs is 6. The number of hydrogen-bond donors (Lipinski definition) is 1. The van der Waals surface area contributed by atoms with Gasteiger partial charge in [-0.2, -0.15) is 0 Å². The second-order valence-corrected chi connectivity index (χ2v) is 18.5. The molecule has 0 unspecified atom stereocenters. The lowest BCUT2D eigenvalue weighted by molar-refractivity contribution is -0.156. The Labute approximate surface area is 413 Å². The largest absolute Gasteiger partial charge is 0.460 e. The van der Waals surface area contributed by atoms with E-state index >= 15 is 0 Å². The number of halogens is 2. The first kappa shape index (κ1) is 49.5. The lowest BCUT2D eigenvalue weighted by Crippen LogP contribution is -2.37. The van der Waals surface area contributed by atoms with Crippen molar-refractivity contribution < 1.29 is 29.0 Å². The van der Waals surface area contributed by atoms with E-state index in [-0.39, 0.29) is 35.3 Å². The van der Waals surface area contributed by atoms with Crippen LogP contribution in [0.3, 0.4) is 0 Å². The van der Waals surface area contributed by atoms with E-state index in [1.807, 2.05) is 60.7 Å². The van der Waals surface area contributed by atoms with Gasteiger partial charge in [-0.25, -0.2) is 19.9 Å². The van der Waals surface area contributed by atoms with Gasteiger partial charge in [-0.1, -0.05) is 103 Å². The fraction of sp³-hybridized carbons (Fsp3) is 0.315. The summed E-state index contributed by atoms with van der Waals surface area (Å²) in [6.45, 7) is 3.78. The predicted octanol–water partition coefficient (Wildman–Crippen LogP) is 10.00. The number of carbonyl (C=O) groups is 3. The van der Waals surface area contributed by atoms with E-state index in [1.54, 1.807) is 46.3 Å². The van der Waals surface area contributed by atoms with Crippen molar-refractivity contribution in [3.63, 3.8) is 0 Å². The van der Waals surface area contributed by atoms with Gasteiger partial charge in [0, 0.05) is 43.9 Å². The third-order valence-electron chi connectivity index (χ3n) is 12.8. The van der Waals surface area contributed by atoms with Crippen LogP contribution in [0, 0.1) is 0 Å². The Bertz CT molecular complexity index is 3330. The van der Waals surface area contributed by atoms with Crippen molar-refractivity contribution in [3.05, 3.63) is 163 Å². The smallest absolute Gasteiger partial charge is 0.310 e. The van der Waals surface area contributed by atoms with E-state index in [9.17, 15) is 29.1 Å². The number of nitrogens with zero attached hydrogens (tertiary/aromatic N) is 6. The van der Waals surface area contributed by atoms with E-state index in [2.05, 4.69) is 31.8 Å². The highest BCUT2D eigenvalue weighted by atomic mass is 35.5. The molecule has 2 aliphatic carbocycles. The molecule has 4 aromatic carbocycles. The summed E-state index contributed by atoms with van der Waals surface area (Å²) in [5.41, 5.74) is 5.30. The number of benzene rings is 4. The molecule has 0 aliphatic heterocycles. The second-order valence-electron chi connectivity index (χ2n) is 17.7. The van der Waals surface area contributed by atoms with Crippen LogP contribution in [-0.2, 0) is 36.7 Å². The first-order valence-electron chi connectivity index (χ1n) is 23.3. The average molecular weight is 984 g/mol. The summed E-state index contributed by atoms with van der Waals surface area (Å²) in [4.78, 5) is 76.1. The zero-order valence-corrected chi connectivity index (χ0v) is 40.5. The summed E-state index contributed by atoms with van der Waals surface area (Å²) in [6.07, 6.45) is 14.2. The van der Waals surface area contributed by atoms with Gasteiger partial charge >= 0.3 is 17.9 Å². The standard InChI is InChI=1S/C26H24ClN3O3.C24H22ClN3O2.C4H6O3/c1-16(31)33-23-9-5-4-8-22(23)30-15-29-25-20-7-3-2-6-19(20)18(13-21(25)26(30)32)12-17-10-11-24(27)28-14-17;25-22-10-9-15(13-26-22)11-16-12-19-23(18-6-2-1-5-17(16)18)27-14-28(24(19)30)20-7-3-4-8-21(20)29;1-3(5)7-4(2)6/h2-3,6-7,10-11,13-15,22-23H,4-5,8-9,12H2,1H3;1-2,5-6,9-10,12-14,20-21,29H,3-4,7-8,11H2;1-2H3/t22-,23-;20-,21-;/m00./s1. The van der Waals surface area contributed by atoms with Gasteiger partial charge < -0.3 is 14.6 Å². The van der Waals surface area contributed by atoms with E-state index in [1.165, 1.54) is 20.8 Å². The molecule has 0 spiro atoms. The van der Waals surface area contributed by atoms with Gasteiger partial charge in [-0.05, 0) is 102 Å². The molecule has 0 saturated heterocycles. The average Bonchev–Trinajstić information content (AvgIpc) is 3.34. The molecule has 360 valence electrons. The van der Waals surface area contributed by atoms with Crippen LogP contribution in [0.2, 0.25) is 10.3 Å². The van der Waals surface area contributed by atoms with E-state index in [0.717, 1.165) is 95.2 Å². The number of pyridine rings is 2. The van der Waals surface area contributed by atoms with Crippen LogP contribution in [0.5, 0.6) is 0 Å². The first-order valence-corrected chi connectivity index (χ1v) is 24.1. The number of aliphatic hydroxyl groups excluding tert-OH is 1. The second kappa shape index (κ2) is 22.3. The quantitative estimate of drug-likeness (QED) is 0.0691. The minimum absolute atomic E-state index is 0.0906. The molecule has 0 amide bonds. The number of esters is 3. The maximum Gasteiger partial charge on any atom is 0.310 e. The summed E-state index contributed by atoms with van der Waals surface area (Å²) in [6, 6.07) is 27.0. The molecule has 10 rings (SSSR count). The minimum atomic E-state index is -0.562. The molecule has 0 bridgehead atoms. The third-order valence-corrected chi connectivity index (χ3v) is 13.3. The monoisotopic (exact) mass is 982 g/mol. The Kier molecular flexibility index (Phi) is 15.8. The Balaban J connectivity index is 0.000000166. The van der Waals surface area contributed by atoms with Gasteiger partial charge in [0.25, 0.3) is 11.1 Å². The van der Waals surface area contributed by atoms with Crippen LogP contribution in [0.1, 0.15) is 106 Å². The Morgan fingerprint density at radius 2 is 1.01 bits per heavy atom. The van der Waals surface area contributed by atoms with Crippen molar-refractivity contribution >= 4 is 84.5 Å². The van der Waals surface area contributed by atoms with Gasteiger partial charge in [0.05, 0.1) is 52.6 Å². The number of hydrogen-bond acceptors (Lipinski definition) is 12. The van der Waals surface area contributed by atoms with Gasteiger partial charge in [-0.15, -0.1) is 0 Å². The molecule has 1 N–H and O–H groups in total. The molecule has 2 fully saturated rings. The lowest BCUT2D eigenvalue weighted by atomic mass is 9.91. The molecular weight excluding hydrogens is 932 g/mol. The molecule has 4 heterocycles. The van der Waals surface area contributed by atoms with Crippen molar-refractivity contribution in [3.8, 4) is 0 Å². The number of aromatic nitrogens is 6. The van der Waals surface area contributed by atoms with E-state index in [4.69, 9.17) is 32.9 Å². The summed E-state index contributed by atoms with van der Waals surface area (Å²) < 4.78 is 12.8. The van der Waals surface area contributed by atoms with Crippen molar-refractivity contribution in [1.29, 1.82) is 0 Å². The zero-order valence-electron chi connectivity index (χ0n) is 39.0. The van der Waals surface area contributed by atoms with Crippen LogP contribution < -0.4 is 11.1 Å². The molecule has 0 radical (unpaired) electrons. The molecule has 16 heteroatoms. The summed E-state index contributed by atoms with van der Waals surface area (Å²) >= 11 is 11.9. The Morgan fingerprint density at radius 3 is 1.44 bits per heavy atom. The van der Waals surface area contributed by atoms with Gasteiger partial charge in [0.1, 0.15) is 16.4 Å². The normalized spacial score (nSPS) is 17.8. The number of rotatable bonds is 7. The molecule has 4 atom stereocenters. The maximum absolute atomic E-state index is 13.7.